The van der Waals surface area contributed by atoms with E-state index in [1.807, 2.05) is 20.8 Å². The number of sulfonamides is 1. The predicted octanol–water partition coefficient (Wildman–Crippen LogP) is 1.28. The Morgan fingerprint density at radius 3 is 2.58 bits per heavy atom. The van der Waals surface area contributed by atoms with Crippen LogP contribution in [0.3, 0.4) is 0 Å². The van der Waals surface area contributed by atoms with Crippen molar-refractivity contribution in [3.63, 3.8) is 0 Å². The van der Waals surface area contributed by atoms with E-state index in [1.54, 1.807) is 18.2 Å². The van der Waals surface area contributed by atoms with Gasteiger partial charge in [0.1, 0.15) is 0 Å². The largest absolute Gasteiger partial charge is 0.465 e. The highest BCUT2D eigenvalue weighted by Gasteiger charge is 2.33. The highest BCUT2D eigenvalue weighted by molar-refractivity contribution is 7.89. The van der Waals surface area contributed by atoms with Gasteiger partial charge in [0.25, 0.3) is 0 Å². The second kappa shape index (κ2) is 6.70. The summed E-state index contributed by atoms with van der Waals surface area (Å²) < 4.78 is 27.1. The third kappa shape index (κ3) is 4.25. The Balaban J connectivity index is 2.16. The fourth-order valence-corrected chi connectivity index (χ4v) is 4.08. The fourth-order valence-electron chi connectivity index (χ4n) is 2.61. The maximum absolute atomic E-state index is 12.3. The molecule has 0 radical (unpaired) electrons. The van der Waals surface area contributed by atoms with Gasteiger partial charge in [0.15, 0.2) is 0 Å². The Morgan fingerprint density at radius 2 is 2.00 bits per heavy atom. The van der Waals surface area contributed by atoms with Crippen molar-refractivity contribution in [1.29, 1.82) is 0 Å². The molecule has 2 rings (SSSR count). The van der Waals surface area contributed by atoms with Crippen molar-refractivity contribution >= 4 is 16.1 Å². The minimum absolute atomic E-state index is 0.0178. The number of nitrogens with one attached hydrogen (secondary N) is 1. The Labute approximate surface area is 142 Å². The molecule has 1 aromatic rings. The molecule has 24 heavy (non-hydrogen) atoms. The number of carboxylic acid groups (broad SMARTS) is 1. The lowest BCUT2D eigenvalue weighted by Crippen LogP contribution is -2.51. The van der Waals surface area contributed by atoms with Gasteiger partial charge in [-0.25, -0.2) is 17.9 Å². The Hall–Kier alpha value is -1.64. The summed E-state index contributed by atoms with van der Waals surface area (Å²) in [6, 6.07) is 6.12. The zero-order valence-corrected chi connectivity index (χ0v) is 14.9. The first-order valence-electron chi connectivity index (χ1n) is 7.77. The highest BCUT2D eigenvalue weighted by atomic mass is 32.2. The van der Waals surface area contributed by atoms with Crippen LogP contribution in [-0.2, 0) is 16.4 Å². The molecule has 134 valence electrons. The van der Waals surface area contributed by atoms with Crippen molar-refractivity contribution in [1.82, 2.24) is 9.62 Å². The zero-order valence-electron chi connectivity index (χ0n) is 14.1. The van der Waals surface area contributed by atoms with Crippen molar-refractivity contribution in [3.05, 3.63) is 29.8 Å². The van der Waals surface area contributed by atoms with Crippen LogP contribution in [-0.4, -0.2) is 54.9 Å². The van der Waals surface area contributed by atoms with E-state index in [9.17, 15) is 23.4 Å². The minimum Gasteiger partial charge on any atom is -0.465 e. The van der Waals surface area contributed by atoms with E-state index in [2.05, 4.69) is 4.72 Å². The predicted molar refractivity (Wildman–Crippen MR) is 89.3 cm³/mol. The molecule has 2 atom stereocenters. The summed E-state index contributed by atoms with van der Waals surface area (Å²) in [6.45, 7) is 5.36. The molecule has 0 aliphatic carbocycles. The molecule has 1 heterocycles. The molecular weight excluding hydrogens is 332 g/mol. The summed E-state index contributed by atoms with van der Waals surface area (Å²) >= 11 is 0. The Bertz CT molecular complexity index is 711. The molecule has 2 unspecified atom stereocenters. The van der Waals surface area contributed by atoms with Crippen LogP contribution in [0, 0.1) is 5.41 Å². The number of benzene rings is 1. The van der Waals surface area contributed by atoms with Gasteiger partial charge in [-0.2, -0.15) is 0 Å². The maximum atomic E-state index is 12.3. The van der Waals surface area contributed by atoms with Gasteiger partial charge >= 0.3 is 6.09 Å². The summed E-state index contributed by atoms with van der Waals surface area (Å²) in [4.78, 5) is 12.8. The molecule has 3 N–H and O–H groups in total. The summed E-state index contributed by atoms with van der Waals surface area (Å²) in [5.74, 6) is 0. The van der Waals surface area contributed by atoms with Crippen LogP contribution in [0.2, 0.25) is 0 Å². The van der Waals surface area contributed by atoms with Gasteiger partial charge in [0, 0.05) is 12.6 Å². The molecule has 0 spiro atoms. The Kier molecular flexibility index (Phi) is 5.22. The van der Waals surface area contributed by atoms with Gasteiger partial charge < -0.3 is 15.1 Å². The monoisotopic (exact) mass is 356 g/mol. The summed E-state index contributed by atoms with van der Waals surface area (Å²) in [5, 5.41) is 19.5. The molecule has 1 amide bonds. The fraction of sp³-hybridized carbons (Fsp3) is 0.562. The molecule has 7 nitrogen and oxygen atoms in total. The SMILES string of the molecule is CC(C)(C)C(O)CN(CC1Cc2ccccc2S(=O)(=O)N1)C(=O)O. The van der Waals surface area contributed by atoms with Crippen molar-refractivity contribution in [2.75, 3.05) is 13.1 Å². The molecule has 1 aliphatic heterocycles. The van der Waals surface area contributed by atoms with Gasteiger partial charge in [0.2, 0.25) is 10.0 Å². The van der Waals surface area contributed by atoms with E-state index < -0.39 is 33.7 Å². The van der Waals surface area contributed by atoms with Gasteiger partial charge in [-0.1, -0.05) is 39.0 Å². The summed E-state index contributed by atoms with van der Waals surface area (Å²) in [5.41, 5.74) is 0.204. The lowest BCUT2D eigenvalue weighted by molar-refractivity contribution is 0.0281. The number of aliphatic hydroxyl groups is 1. The third-order valence-corrected chi connectivity index (χ3v) is 5.78. The van der Waals surface area contributed by atoms with Crippen LogP contribution in [0.25, 0.3) is 0 Å². The highest BCUT2D eigenvalue weighted by Crippen LogP contribution is 2.24. The number of hydrogen-bond acceptors (Lipinski definition) is 4. The van der Waals surface area contributed by atoms with Crippen molar-refractivity contribution in [2.24, 2.45) is 5.41 Å². The van der Waals surface area contributed by atoms with Crippen molar-refractivity contribution in [3.8, 4) is 0 Å². The average Bonchev–Trinajstić information content (AvgIpc) is 2.44. The molecule has 0 bridgehead atoms. The third-order valence-electron chi connectivity index (χ3n) is 4.15. The van der Waals surface area contributed by atoms with Crippen LogP contribution in [0.1, 0.15) is 26.3 Å². The molecule has 8 heteroatoms. The lowest BCUT2D eigenvalue weighted by Gasteiger charge is -2.34. The summed E-state index contributed by atoms with van der Waals surface area (Å²) in [6.07, 6.45) is -1.62. The van der Waals surface area contributed by atoms with E-state index >= 15 is 0 Å². The quantitative estimate of drug-likeness (QED) is 0.753. The van der Waals surface area contributed by atoms with Gasteiger partial charge in [-0.05, 0) is 23.5 Å². The second-order valence-electron chi connectivity index (χ2n) is 7.20. The Morgan fingerprint density at radius 1 is 1.38 bits per heavy atom. The maximum Gasteiger partial charge on any atom is 0.407 e. The smallest absolute Gasteiger partial charge is 0.407 e. The molecule has 0 saturated carbocycles. The minimum atomic E-state index is -3.65. The molecule has 1 aliphatic rings. The first kappa shape index (κ1) is 18.7. The first-order valence-corrected chi connectivity index (χ1v) is 9.25. The molecule has 0 fully saturated rings. The topological polar surface area (TPSA) is 107 Å². The number of fused-ring (bicyclic) bond motifs is 1. The number of carbonyl (C=O) groups is 1. The van der Waals surface area contributed by atoms with Crippen LogP contribution in [0.15, 0.2) is 29.2 Å². The van der Waals surface area contributed by atoms with Crippen LogP contribution >= 0.6 is 0 Å². The number of aliphatic hydroxyl groups excluding tert-OH is 1. The van der Waals surface area contributed by atoms with E-state index in [0.29, 0.717) is 12.0 Å². The zero-order chi connectivity index (χ0) is 18.1. The number of rotatable bonds is 4. The van der Waals surface area contributed by atoms with Crippen molar-refractivity contribution < 1.29 is 23.4 Å². The molecule has 0 saturated heterocycles. The number of amides is 1. The van der Waals surface area contributed by atoms with E-state index in [4.69, 9.17) is 0 Å². The van der Waals surface area contributed by atoms with Crippen molar-refractivity contribution in [2.45, 2.75) is 44.2 Å². The molecular formula is C16H24N2O5S. The van der Waals surface area contributed by atoms with E-state index in [-0.39, 0.29) is 18.0 Å². The average molecular weight is 356 g/mol. The number of hydrogen-bond donors (Lipinski definition) is 3. The van der Waals surface area contributed by atoms with Crippen LogP contribution in [0.5, 0.6) is 0 Å². The summed E-state index contributed by atoms with van der Waals surface area (Å²) in [7, 11) is -3.65. The lowest BCUT2D eigenvalue weighted by atomic mass is 9.89. The van der Waals surface area contributed by atoms with Gasteiger partial charge in [-0.3, -0.25) is 0 Å². The van der Waals surface area contributed by atoms with E-state index in [1.165, 1.54) is 6.07 Å². The normalized spacial score (nSPS) is 20.9. The van der Waals surface area contributed by atoms with Gasteiger partial charge in [-0.15, -0.1) is 0 Å². The number of nitrogens with zero attached hydrogens (tertiary/aromatic N) is 1. The van der Waals surface area contributed by atoms with Crippen LogP contribution in [0.4, 0.5) is 4.79 Å². The van der Waals surface area contributed by atoms with Crippen LogP contribution < -0.4 is 4.72 Å². The standard InChI is InChI=1S/C16H24N2O5S/c1-16(2,3)14(19)10-18(15(20)21)9-12-8-11-6-4-5-7-13(11)24(22,23)17-12/h4-7,12,14,17,19H,8-10H2,1-3H3,(H,20,21). The molecule has 0 aromatic heterocycles. The first-order chi connectivity index (χ1) is 11.0. The molecule has 1 aromatic carbocycles. The second-order valence-corrected chi connectivity index (χ2v) is 8.88. The van der Waals surface area contributed by atoms with E-state index in [0.717, 1.165) is 4.90 Å². The van der Waals surface area contributed by atoms with Gasteiger partial charge in [0.05, 0.1) is 17.5 Å².